The molecule has 1 saturated heterocycles. The Balaban J connectivity index is 0.00000164. The number of pyridine rings is 1. The van der Waals surface area contributed by atoms with Gasteiger partial charge in [0.15, 0.2) is 0 Å². The van der Waals surface area contributed by atoms with E-state index in [-0.39, 0.29) is 24.5 Å². The molecular weight excluding hydrogens is 504 g/mol. The highest BCUT2D eigenvalue weighted by atomic mass is 32.1. The fourth-order valence-corrected chi connectivity index (χ4v) is 5.38. The lowest BCUT2D eigenvalue weighted by Crippen LogP contribution is -2.44. The molecule has 1 atom stereocenters. The lowest BCUT2D eigenvalue weighted by Gasteiger charge is -2.30. The maximum absolute atomic E-state index is 13.2. The fourth-order valence-electron chi connectivity index (χ4n) is 4.26. The first kappa shape index (κ1) is 27.4. The number of aryl methyl sites for hydroxylation is 3. The van der Waals surface area contributed by atoms with Gasteiger partial charge < -0.3 is 15.4 Å². The summed E-state index contributed by atoms with van der Waals surface area (Å²) in [6.07, 6.45) is 7.11. The Morgan fingerprint density at radius 2 is 1.95 bits per heavy atom. The van der Waals surface area contributed by atoms with Gasteiger partial charge >= 0.3 is 0 Å². The molecule has 0 spiro atoms. The van der Waals surface area contributed by atoms with Crippen LogP contribution in [-0.4, -0.2) is 73.4 Å². The summed E-state index contributed by atoms with van der Waals surface area (Å²) in [5.74, 6) is -0.431. The number of amides is 2. The van der Waals surface area contributed by atoms with Gasteiger partial charge in [-0.05, 0) is 26.8 Å². The minimum Gasteiger partial charge on any atom is -0.376 e. The molecule has 5 heterocycles. The van der Waals surface area contributed by atoms with Crippen LogP contribution in [0.5, 0.6) is 0 Å². The minimum atomic E-state index is -0.294. The highest BCUT2D eigenvalue weighted by Crippen LogP contribution is 2.32. The molecule has 5 rings (SSSR count). The average molecular weight is 539 g/mol. The van der Waals surface area contributed by atoms with Crippen molar-refractivity contribution in [2.24, 2.45) is 7.05 Å². The number of hydrogen-bond donors (Lipinski definition) is 2. The van der Waals surface area contributed by atoms with E-state index in [9.17, 15) is 9.59 Å². The van der Waals surface area contributed by atoms with Crippen molar-refractivity contribution in [1.29, 1.82) is 0 Å². The summed E-state index contributed by atoms with van der Waals surface area (Å²) in [7, 11) is 1.88. The van der Waals surface area contributed by atoms with Crippen LogP contribution in [0.25, 0.3) is 15.3 Å². The van der Waals surface area contributed by atoms with E-state index in [1.54, 1.807) is 34.6 Å². The SMILES string of the molecule is CC.Cc1ncc(NC(=O)CN2CCOC(C)C2)cc1NC(=O)c1cnn2cc(-c3cn(C)nc3C)sc12. The van der Waals surface area contributed by atoms with E-state index >= 15 is 0 Å². The van der Waals surface area contributed by atoms with Gasteiger partial charge in [-0.3, -0.25) is 24.2 Å². The molecule has 1 aliphatic heterocycles. The van der Waals surface area contributed by atoms with Gasteiger partial charge in [-0.25, -0.2) is 4.52 Å². The number of thiazole rings is 1. The number of nitrogens with zero attached hydrogens (tertiary/aromatic N) is 6. The van der Waals surface area contributed by atoms with Gasteiger partial charge in [0.2, 0.25) is 5.91 Å². The zero-order valence-corrected chi connectivity index (χ0v) is 23.4. The predicted molar refractivity (Wildman–Crippen MR) is 149 cm³/mol. The molecule has 2 amide bonds. The number of hydrogen-bond acceptors (Lipinski definition) is 8. The molecule has 2 N–H and O–H groups in total. The normalized spacial score (nSPS) is 15.7. The molecule has 4 aromatic heterocycles. The number of rotatable bonds is 6. The van der Waals surface area contributed by atoms with Crippen LogP contribution in [0.15, 0.2) is 30.9 Å². The van der Waals surface area contributed by atoms with Gasteiger partial charge in [0.05, 0.1) is 64.9 Å². The van der Waals surface area contributed by atoms with Crippen LogP contribution in [0.1, 0.15) is 42.5 Å². The Bertz CT molecular complexity index is 1440. The van der Waals surface area contributed by atoms with Crippen LogP contribution in [0.2, 0.25) is 0 Å². The number of nitrogens with one attached hydrogen (secondary N) is 2. The van der Waals surface area contributed by atoms with Crippen LogP contribution < -0.4 is 10.6 Å². The third kappa shape index (κ3) is 6.09. The zero-order chi connectivity index (χ0) is 27.4. The number of carbonyl (C=O) groups is 2. The standard InChI is InChI=1S/C24H28N8O3S.C2H6/c1-14-10-31(5-6-35-14)13-22(33)27-17-7-20(16(3)25-8-17)28-23(34)18-9-26-32-12-21(36-24(18)32)19-11-30(4)29-15(19)2;1-2/h7-9,11-12,14H,5-6,10,13H2,1-4H3,(H,27,33)(H,28,34);1-2H3. The molecule has 38 heavy (non-hydrogen) atoms. The highest BCUT2D eigenvalue weighted by molar-refractivity contribution is 7.21. The van der Waals surface area contributed by atoms with Crippen molar-refractivity contribution < 1.29 is 14.3 Å². The van der Waals surface area contributed by atoms with Crippen LogP contribution in [0.3, 0.4) is 0 Å². The summed E-state index contributed by atoms with van der Waals surface area (Å²) < 4.78 is 9.00. The molecule has 1 fully saturated rings. The lowest BCUT2D eigenvalue weighted by molar-refractivity contribution is -0.119. The number of morpholine rings is 1. The summed E-state index contributed by atoms with van der Waals surface area (Å²) in [6, 6.07) is 1.72. The molecule has 12 heteroatoms. The van der Waals surface area contributed by atoms with Crippen molar-refractivity contribution in [3.63, 3.8) is 0 Å². The van der Waals surface area contributed by atoms with E-state index in [0.29, 0.717) is 35.8 Å². The maximum Gasteiger partial charge on any atom is 0.260 e. The summed E-state index contributed by atoms with van der Waals surface area (Å²) in [5, 5.41) is 14.6. The van der Waals surface area contributed by atoms with Crippen molar-refractivity contribution in [3.8, 4) is 10.4 Å². The molecule has 0 saturated carbocycles. The second-order valence-electron chi connectivity index (χ2n) is 8.98. The number of carbonyl (C=O) groups excluding carboxylic acids is 2. The van der Waals surface area contributed by atoms with Crippen molar-refractivity contribution in [2.45, 2.75) is 40.7 Å². The fraction of sp³-hybridized carbons (Fsp3) is 0.423. The van der Waals surface area contributed by atoms with Crippen LogP contribution in [-0.2, 0) is 16.6 Å². The van der Waals surface area contributed by atoms with Crippen molar-refractivity contribution in [2.75, 3.05) is 36.9 Å². The molecular formula is C26H34N8O3S. The quantitative estimate of drug-likeness (QED) is 0.384. The van der Waals surface area contributed by atoms with Crippen molar-refractivity contribution >= 4 is 39.4 Å². The van der Waals surface area contributed by atoms with Gasteiger partial charge in [-0.2, -0.15) is 10.2 Å². The maximum atomic E-state index is 13.2. The highest BCUT2D eigenvalue weighted by Gasteiger charge is 2.21. The van der Waals surface area contributed by atoms with E-state index in [1.807, 2.05) is 47.1 Å². The topological polar surface area (TPSA) is 119 Å². The molecule has 4 aromatic rings. The Kier molecular flexibility index (Phi) is 8.55. The Morgan fingerprint density at radius 3 is 2.66 bits per heavy atom. The van der Waals surface area contributed by atoms with Gasteiger partial charge in [0.1, 0.15) is 4.83 Å². The number of ether oxygens (including phenoxy) is 1. The first-order valence-electron chi connectivity index (χ1n) is 12.7. The molecule has 11 nitrogen and oxygen atoms in total. The summed E-state index contributed by atoms with van der Waals surface area (Å²) in [4.78, 5) is 33.9. The van der Waals surface area contributed by atoms with Crippen LogP contribution in [0.4, 0.5) is 11.4 Å². The monoisotopic (exact) mass is 538 g/mol. The first-order chi connectivity index (χ1) is 18.3. The van der Waals surface area contributed by atoms with Gasteiger partial charge in [0.25, 0.3) is 5.91 Å². The average Bonchev–Trinajstić information content (AvgIpc) is 3.56. The molecule has 0 bridgehead atoms. The van der Waals surface area contributed by atoms with E-state index in [0.717, 1.165) is 27.5 Å². The molecule has 0 aromatic carbocycles. The van der Waals surface area contributed by atoms with Crippen LogP contribution in [0, 0.1) is 13.8 Å². The van der Waals surface area contributed by atoms with Gasteiger partial charge in [-0.15, -0.1) is 11.3 Å². The third-order valence-corrected chi connectivity index (χ3v) is 7.18. The Morgan fingerprint density at radius 1 is 1.16 bits per heavy atom. The van der Waals surface area contributed by atoms with Crippen molar-refractivity contribution in [3.05, 3.63) is 47.8 Å². The summed E-state index contributed by atoms with van der Waals surface area (Å²) in [5.41, 5.74) is 4.07. The predicted octanol–water partition coefficient (Wildman–Crippen LogP) is 3.75. The van der Waals surface area contributed by atoms with Gasteiger partial charge in [0, 0.05) is 38.1 Å². The van der Waals surface area contributed by atoms with E-state index in [2.05, 4.69) is 30.7 Å². The third-order valence-electron chi connectivity index (χ3n) is 6.03. The van der Waals surface area contributed by atoms with E-state index in [4.69, 9.17) is 4.74 Å². The van der Waals surface area contributed by atoms with Crippen molar-refractivity contribution in [1.82, 2.24) is 29.3 Å². The summed E-state index contributed by atoms with van der Waals surface area (Å²) in [6.45, 7) is 12.1. The molecule has 1 unspecified atom stereocenters. The second kappa shape index (κ2) is 11.8. The zero-order valence-electron chi connectivity index (χ0n) is 22.6. The summed E-state index contributed by atoms with van der Waals surface area (Å²) >= 11 is 1.48. The van der Waals surface area contributed by atoms with Gasteiger partial charge in [-0.1, -0.05) is 13.8 Å². The smallest absolute Gasteiger partial charge is 0.260 e. The van der Waals surface area contributed by atoms with E-state index < -0.39 is 0 Å². The first-order valence-corrected chi connectivity index (χ1v) is 13.5. The van der Waals surface area contributed by atoms with Crippen LogP contribution >= 0.6 is 11.3 Å². The minimum absolute atomic E-state index is 0.109. The number of anilines is 2. The largest absolute Gasteiger partial charge is 0.376 e. The van der Waals surface area contributed by atoms with E-state index in [1.165, 1.54) is 11.3 Å². The number of fused-ring (bicyclic) bond motifs is 1. The Labute approximate surface area is 225 Å². The molecule has 1 aliphatic rings. The Hall–Kier alpha value is -3.61. The number of aromatic nitrogens is 5. The molecule has 0 radical (unpaired) electrons. The molecule has 202 valence electrons. The molecule has 0 aliphatic carbocycles. The second-order valence-corrected chi connectivity index (χ2v) is 10.0. The lowest BCUT2D eigenvalue weighted by atomic mass is 10.2.